The molecule has 2 N–H and O–H groups in total. The van der Waals surface area contributed by atoms with Crippen LogP contribution in [0.1, 0.15) is 6.92 Å². The van der Waals surface area contributed by atoms with E-state index in [1.54, 1.807) is 19.2 Å². The van der Waals surface area contributed by atoms with Gasteiger partial charge in [-0.2, -0.15) is 0 Å². The SMILES string of the molecule is CCNC1COCC1C(=O)Nc1cc(Cl)cc(Br)c1OC. The Labute approximate surface area is 137 Å². The molecule has 1 aliphatic heterocycles. The third-order valence-electron chi connectivity index (χ3n) is 3.35. The number of amides is 1. The number of nitrogens with one attached hydrogen (secondary N) is 2. The van der Waals surface area contributed by atoms with Gasteiger partial charge in [0, 0.05) is 11.1 Å². The van der Waals surface area contributed by atoms with Crippen LogP contribution >= 0.6 is 27.5 Å². The van der Waals surface area contributed by atoms with Crippen molar-refractivity contribution in [3.8, 4) is 5.75 Å². The number of carbonyl (C=O) groups excluding carboxylic acids is 1. The second kappa shape index (κ2) is 7.45. The first-order valence-corrected chi connectivity index (χ1v) is 7.89. The molecule has 0 spiro atoms. The van der Waals surface area contributed by atoms with Crippen LogP contribution in [-0.4, -0.2) is 38.8 Å². The van der Waals surface area contributed by atoms with E-state index in [1.807, 2.05) is 6.92 Å². The molecule has 1 aromatic rings. The Morgan fingerprint density at radius 3 is 2.95 bits per heavy atom. The second-order valence-corrected chi connectivity index (χ2v) is 6.06. The summed E-state index contributed by atoms with van der Waals surface area (Å²) >= 11 is 9.40. The van der Waals surface area contributed by atoms with Gasteiger partial charge in [-0.3, -0.25) is 4.79 Å². The molecule has 21 heavy (non-hydrogen) atoms. The lowest BCUT2D eigenvalue weighted by atomic mass is 10.0. The minimum absolute atomic E-state index is 0.0311. The van der Waals surface area contributed by atoms with E-state index >= 15 is 0 Å². The van der Waals surface area contributed by atoms with Crippen LogP contribution in [-0.2, 0) is 9.53 Å². The summed E-state index contributed by atoms with van der Waals surface area (Å²) in [6.07, 6.45) is 0. The van der Waals surface area contributed by atoms with Gasteiger partial charge in [0.25, 0.3) is 0 Å². The molecule has 1 amide bonds. The number of rotatable bonds is 5. The summed E-state index contributed by atoms with van der Waals surface area (Å²) in [5.74, 6) is 0.213. The van der Waals surface area contributed by atoms with Gasteiger partial charge in [0.15, 0.2) is 5.75 Å². The quantitative estimate of drug-likeness (QED) is 0.828. The number of hydrogen-bond acceptors (Lipinski definition) is 4. The van der Waals surface area contributed by atoms with Gasteiger partial charge >= 0.3 is 0 Å². The molecule has 1 heterocycles. The van der Waals surface area contributed by atoms with Crippen molar-refractivity contribution in [3.63, 3.8) is 0 Å². The van der Waals surface area contributed by atoms with Gasteiger partial charge in [-0.05, 0) is 34.6 Å². The zero-order chi connectivity index (χ0) is 15.4. The molecule has 0 saturated carbocycles. The predicted octanol–water partition coefficient (Wildman–Crippen LogP) is 2.67. The molecule has 0 radical (unpaired) electrons. The first-order valence-electron chi connectivity index (χ1n) is 6.71. The fraction of sp³-hybridized carbons (Fsp3) is 0.500. The normalized spacial score (nSPS) is 21.3. The van der Waals surface area contributed by atoms with Gasteiger partial charge < -0.3 is 20.1 Å². The minimum atomic E-state index is -0.229. The van der Waals surface area contributed by atoms with Crippen LogP contribution in [0, 0.1) is 5.92 Å². The number of anilines is 1. The van der Waals surface area contributed by atoms with Crippen LogP contribution in [0.2, 0.25) is 5.02 Å². The largest absolute Gasteiger partial charge is 0.493 e. The molecule has 0 aromatic heterocycles. The maximum atomic E-state index is 12.4. The smallest absolute Gasteiger partial charge is 0.231 e. The van der Waals surface area contributed by atoms with Gasteiger partial charge in [-0.1, -0.05) is 18.5 Å². The number of benzene rings is 1. The van der Waals surface area contributed by atoms with E-state index in [1.165, 1.54) is 0 Å². The maximum Gasteiger partial charge on any atom is 0.231 e. The summed E-state index contributed by atoms with van der Waals surface area (Å²) in [4.78, 5) is 12.4. The fourth-order valence-electron chi connectivity index (χ4n) is 2.36. The summed E-state index contributed by atoms with van der Waals surface area (Å²) in [6.45, 7) is 3.75. The second-order valence-electron chi connectivity index (χ2n) is 4.77. The van der Waals surface area contributed by atoms with Gasteiger partial charge in [0.2, 0.25) is 5.91 Å². The van der Waals surface area contributed by atoms with Crippen molar-refractivity contribution in [1.29, 1.82) is 0 Å². The van der Waals surface area contributed by atoms with Crippen molar-refractivity contribution in [3.05, 3.63) is 21.6 Å². The summed E-state index contributed by atoms with van der Waals surface area (Å²) in [6, 6.07) is 3.42. The molecule has 2 unspecified atom stereocenters. The van der Waals surface area contributed by atoms with E-state index in [-0.39, 0.29) is 17.9 Å². The van der Waals surface area contributed by atoms with Crippen LogP contribution in [0.4, 0.5) is 5.69 Å². The summed E-state index contributed by atoms with van der Waals surface area (Å²) < 4.78 is 11.4. The predicted molar refractivity (Wildman–Crippen MR) is 86.1 cm³/mol. The molecule has 1 saturated heterocycles. The molecule has 0 aliphatic carbocycles. The van der Waals surface area contributed by atoms with Gasteiger partial charge in [0.05, 0.1) is 36.4 Å². The number of ether oxygens (including phenoxy) is 2. The van der Waals surface area contributed by atoms with Crippen molar-refractivity contribution in [2.24, 2.45) is 5.92 Å². The summed E-state index contributed by atoms with van der Waals surface area (Å²) in [5, 5.41) is 6.65. The molecule has 1 fully saturated rings. The number of likely N-dealkylation sites (N-methyl/N-ethyl adjacent to an activating group) is 1. The Morgan fingerprint density at radius 2 is 2.29 bits per heavy atom. The summed E-state index contributed by atoms with van der Waals surface area (Å²) in [7, 11) is 1.55. The van der Waals surface area contributed by atoms with Crippen LogP contribution < -0.4 is 15.4 Å². The summed E-state index contributed by atoms with van der Waals surface area (Å²) in [5.41, 5.74) is 0.545. The number of hydrogen-bond donors (Lipinski definition) is 2. The van der Waals surface area contributed by atoms with E-state index < -0.39 is 0 Å². The fourth-order valence-corrected chi connectivity index (χ4v) is 3.33. The van der Waals surface area contributed by atoms with Crippen molar-refractivity contribution >= 4 is 39.1 Å². The number of halogens is 2. The first-order chi connectivity index (χ1) is 10.1. The van der Waals surface area contributed by atoms with E-state index in [2.05, 4.69) is 26.6 Å². The monoisotopic (exact) mass is 376 g/mol. The van der Waals surface area contributed by atoms with Crippen molar-refractivity contribution in [1.82, 2.24) is 5.32 Å². The third kappa shape index (κ3) is 3.88. The Balaban J connectivity index is 2.16. The lowest BCUT2D eigenvalue weighted by molar-refractivity contribution is -0.120. The Hall–Kier alpha value is -0.820. The lowest BCUT2D eigenvalue weighted by Gasteiger charge is -2.19. The van der Waals surface area contributed by atoms with Gasteiger partial charge in [-0.25, -0.2) is 0 Å². The highest BCUT2D eigenvalue weighted by molar-refractivity contribution is 9.10. The minimum Gasteiger partial charge on any atom is -0.493 e. The first kappa shape index (κ1) is 16.5. The van der Waals surface area contributed by atoms with E-state index in [4.69, 9.17) is 21.1 Å². The molecule has 1 aromatic carbocycles. The van der Waals surface area contributed by atoms with Crippen molar-refractivity contribution in [2.75, 3.05) is 32.2 Å². The zero-order valence-electron chi connectivity index (χ0n) is 11.9. The number of methoxy groups -OCH3 is 1. The standard InChI is InChI=1S/C14H18BrClN2O3/c1-3-17-12-7-21-6-9(12)14(19)18-11-5-8(16)4-10(15)13(11)20-2/h4-5,9,12,17H,3,6-7H2,1-2H3,(H,18,19). The van der Waals surface area contributed by atoms with E-state index in [0.29, 0.717) is 34.1 Å². The van der Waals surface area contributed by atoms with Crippen LogP contribution in [0.25, 0.3) is 0 Å². The van der Waals surface area contributed by atoms with Crippen molar-refractivity contribution < 1.29 is 14.3 Å². The highest BCUT2D eigenvalue weighted by atomic mass is 79.9. The molecule has 7 heteroatoms. The highest BCUT2D eigenvalue weighted by Crippen LogP contribution is 2.36. The van der Waals surface area contributed by atoms with Gasteiger partial charge in [-0.15, -0.1) is 0 Å². The maximum absolute atomic E-state index is 12.4. The highest BCUT2D eigenvalue weighted by Gasteiger charge is 2.33. The number of carbonyl (C=O) groups is 1. The molecule has 2 atom stereocenters. The lowest BCUT2D eigenvalue weighted by Crippen LogP contribution is -2.41. The van der Waals surface area contributed by atoms with Crippen molar-refractivity contribution in [2.45, 2.75) is 13.0 Å². The van der Waals surface area contributed by atoms with Crippen LogP contribution in [0.3, 0.4) is 0 Å². The van der Waals surface area contributed by atoms with E-state index in [0.717, 1.165) is 6.54 Å². The molecule has 1 aliphatic rings. The van der Waals surface area contributed by atoms with Crippen LogP contribution in [0.5, 0.6) is 5.75 Å². The average molecular weight is 378 g/mol. The molecule has 0 bridgehead atoms. The molecule has 116 valence electrons. The van der Waals surface area contributed by atoms with E-state index in [9.17, 15) is 4.79 Å². The molecule has 5 nitrogen and oxygen atoms in total. The molecular weight excluding hydrogens is 360 g/mol. The molecule has 2 rings (SSSR count). The van der Waals surface area contributed by atoms with Crippen LogP contribution in [0.15, 0.2) is 16.6 Å². The topological polar surface area (TPSA) is 59.6 Å². The Bertz CT molecular complexity index is 527. The Kier molecular flexibility index (Phi) is 5.87. The average Bonchev–Trinajstić information content (AvgIpc) is 2.87. The van der Waals surface area contributed by atoms with Gasteiger partial charge in [0.1, 0.15) is 0 Å². The third-order valence-corrected chi connectivity index (χ3v) is 4.16. The Morgan fingerprint density at radius 1 is 1.52 bits per heavy atom. The zero-order valence-corrected chi connectivity index (χ0v) is 14.3. The molecular formula is C14H18BrClN2O3.